The lowest BCUT2D eigenvalue weighted by atomic mass is 10.2. The summed E-state index contributed by atoms with van der Waals surface area (Å²) in [5.74, 6) is -0.896. The molecule has 1 rings (SSSR count). The van der Waals surface area contributed by atoms with Gasteiger partial charge in [-0.2, -0.15) is 0 Å². The highest BCUT2D eigenvalue weighted by atomic mass is 79.9. The van der Waals surface area contributed by atoms with E-state index in [0.29, 0.717) is 12.5 Å². The summed E-state index contributed by atoms with van der Waals surface area (Å²) in [5, 5.41) is -0.0501. The number of pyridine rings is 1. The highest BCUT2D eigenvalue weighted by molar-refractivity contribution is 9.08. The molecule has 0 saturated carbocycles. The van der Waals surface area contributed by atoms with Crippen LogP contribution >= 0.6 is 15.9 Å². The van der Waals surface area contributed by atoms with Crippen LogP contribution in [0.1, 0.15) is 16.1 Å². The van der Waals surface area contributed by atoms with Gasteiger partial charge in [-0.1, -0.05) is 15.9 Å². The second-order valence-electron chi connectivity index (χ2n) is 2.67. The Bertz CT molecular complexity index is 455. The SMILES string of the molecule is O=Cc1[nH]cc(OC(F)(F)F)c(=O)c1CBr. The molecule has 0 amide bonds. The molecule has 0 radical (unpaired) electrons. The van der Waals surface area contributed by atoms with Gasteiger partial charge in [0.25, 0.3) is 0 Å². The normalized spacial score (nSPS) is 11.2. The van der Waals surface area contributed by atoms with Gasteiger partial charge in [-0.15, -0.1) is 13.2 Å². The molecule has 0 aliphatic rings. The first-order valence-electron chi connectivity index (χ1n) is 3.90. The maximum absolute atomic E-state index is 11.9. The van der Waals surface area contributed by atoms with E-state index in [-0.39, 0.29) is 16.6 Å². The number of aromatic nitrogens is 1. The van der Waals surface area contributed by atoms with Crippen LogP contribution in [-0.4, -0.2) is 17.6 Å². The van der Waals surface area contributed by atoms with E-state index < -0.39 is 17.5 Å². The van der Waals surface area contributed by atoms with Crippen molar-refractivity contribution in [2.45, 2.75) is 11.7 Å². The molecule has 0 spiro atoms. The third-order valence-electron chi connectivity index (χ3n) is 1.66. The Morgan fingerprint density at radius 3 is 2.56 bits per heavy atom. The largest absolute Gasteiger partial charge is 0.573 e. The number of carbonyl (C=O) groups excluding carboxylic acids is 1. The van der Waals surface area contributed by atoms with E-state index >= 15 is 0 Å². The fourth-order valence-electron chi connectivity index (χ4n) is 1.01. The molecule has 0 saturated heterocycles. The molecule has 0 aliphatic carbocycles. The monoisotopic (exact) mass is 299 g/mol. The Labute approximate surface area is 95.5 Å². The molecule has 4 nitrogen and oxygen atoms in total. The smallest absolute Gasteiger partial charge is 0.400 e. The van der Waals surface area contributed by atoms with Gasteiger partial charge < -0.3 is 9.72 Å². The first kappa shape index (κ1) is 12.8. The van der Waals surface area contributed by atoms with Gasteiger partial charge in [0.15, 0.2) is 12.0 Å². The molecule has 0 aromatic carbocycles. The van der Waals surface area contributed by atoms with Crippen molar-refractivity contribution >= 4 is 22.2 Å². The summed E-state index contributed by atoms with van der Waals surface area (Å²) in [6, 6.07) is 0. The molecule has 1 N–H and O–H groups in total. The van der Waals surface area contributed by atoms with Crippen LogP contribution in [0, 0.1) is 0 Å². The zero-order valence-corrected chi connectivity index (χ0v) is 9.18. The lowest BCUT2D eigenvalue weighted by Gasteiger charge is -2.09. The average Bonchev–Trinajstić information content (AvgIpc) is 2.19. The summed E-state index contributed by atoms with van der Waals surface area (Å²) in [6.45, 7) is 0. The van der Waals surface area contributed by atoms with Crippen LogP contribution in [0.3, 0.4) is 0 Å². The number of hydrogen-bond donors (Lipinski definition) is 1. The number of alkyl halides is 4. The van der Waals surface area contributed by atoms with Crippen LogP contribution in [0.2, 0.25) is 0 Å². The number of halogens is 4. The standard InChI is InChI=1S/C8H5BrF3NO3/c9-1-4-5(3-14)13-2-6(7(4)15)16-8(10,11)12/h2-3H,1H2,(H,13,15). The number of ether oxygens (including phenoxy) is 1. The number of nitrogens with one attached hydrogen (secondary N) is 1. The first-order chi connectivity index (χ1) is 7.39. The van der Waals surface area contributed by atoms with Crippen LogP contribution in [0.4, 0.5) is 13.2 Å². The fraction of sp³-hybridized carbons (Fsp3) is 0.250. The molecule has 1 heterocycles. The highest BCUT2D eigenvalue weighted by Gasteiger charge is 2.32. The minimum absolute atomic E-state index is 0.0501. The van der Waals surface area contributed by atoms with Gasteiger partial charge in [0.05, 0.1) is 5.69 Å². The summed E-state index contributed by atoms with van der Waals surface area (Å²) >= 11 is 2.90. The summed E-state index contributed by atoms with van der Waals surface area (Å²) in [7, 11) is 0. The molecule has 88 valence electrons. The summed E-state index contributed by atoms with van der Waals surface area (Å²) < 4.78 is 39.1. The van der Waals surface area contributed by atoms with Gasteiger partial charge in [0.2, 0.25) is 5.43 Å². The molecule has 0 fully saturated rings. The van der Waals surface area contributed by atoms with Crippen LogP contribution < -0.4 is 10.2 Å². The van der Waals surface area contributed by atoms with Crippen LogP contribution in [0.15, 0.2) is 11.0 Å². The third-order valence-corrected chi connectivity index (χ3v) is 2.22. The zero-order valence-electron chi connectivity index (χ0n) is 7.60. The van der Waals surface area contributed by atoms with E-state index in [9.17, 15) is 22.8 Å². The predicted molar refractivity (Wildman–Crippen MR) is 51.8 cm³/mol. The summed E-state index contributed by atoms with van der Waals surface area (Å²) in [4.78, 5) is 24.2. The number of rotatable bonds is 3. The Morgan fingerprint density at radius 1 is 1.50 bits per heavy atom. The van der Waals surface area contributed by atoms with Crippen molar-refractivity contribution in [1.82, 2.24) is 4.98 Å². The lowest BCUT2D eigenvalue weighted by molar-refractivity contribution is -0.275. The molecule has 16 heavy (non-hydrogen) atoms. The highest BCUT2D eigenvalue weighted by Crippen LogP contribution is 2.20. The number of aldehydes is 1. The maximum atomic E-state index is 11.9. The Morgan fingerprint density at radius 2 is 2.12 bits per heavy atom. The molecular weight excluding hydrogens is 295 g/mol. The second-order valence-corrected chi connectivity index (χ2v) is 3.23. The van der Waals surface area contributed by atoms with E-state index in [4.69, 9.17) is 0 Å². The molecule has 0 aliphatic heterocycles. The zero-order chi connectivity index (χ0) is 12.3. The summed E-state index contributed by atoms with van der Waals surface area (Å²) in [6.07, 6.45) is -3.90. The van der Waals surface area contributed by atoms with Crippen LogP contribution in [0.25, 0.3) is 0 Å². The number of hydrogen-bond acceptors (Lipinski definition) is 3. The third kappa shape index (κ3) is 2.84. The Hall–Kier alpha value is -1.31. The average molecular weight is 300 g/mol. The number of aromatic amines is 1. The molecule has 0 atom stereocenters. The predicted octanol–water partition coefficient (Wildman–Crippen LogP) is 1.98. The van der Waals surface area contributed by atoms with Crippen molar-refractivity contribution in [3.63, 3.8) is 0 Å². The van der Waals surface area contributed by atoms with E-state index in [0.717, 1.165) is 0 Å². The summed E-state index contributed by atoms with van der Waals surface area (Å²) in [5.41, 5.74) is -1.18. The van der Waals surface area contributed by atoms with Crippen LogP contribution in [-0.2, 0) is 5.33 Å². The molecule has 8 heteroatoms. The Balaban J connectivity index is 3.25. The van der Waals surface area contributed by atoms with Gasteiger partial charge in [0, 0.05) is 17.1 Å². The van der Waals surface area contributed by atoms with Crippen molar-refractivity contribution in [1.29, 1.82) is 0 Å². The van der Waals surface area contributed by atoms with E-state index in [2.05, 4.69) is 25.7 Å². The molecular formula is C8H5BrF3NO3. The van der Waals surface area contributed by atoms with Crippen molar-refractivity contribution < 1.29 is 22.7 Å². The number of H-pyrrole nitrogens is 1. The minimum atomic E-state index is -4.95. The molecule has 0 bridgehead atoms. The minimum Gasteiger partial charge on any atom is -0.400 e. The molecule has 0 unspecified atom stereocenters. The second kappa shape index (κ2) is 4.69. The quantitative estimate of drug-likeness (QED) is 0.686. The van der Waals surface area contributed by atoms with Gasteiger partial charge in [-0.25, -0.2) is 0 Å². The maximum Gasteiger partial charge on any atom is 0.573 e. The van der Waals surface area contributed by atoms with Crippen LogP contribution in [0.5, 0.6) is 5.75 Å². The van der Waals surface area contributed by atoms with Gasteiger partial charge in [-0.3, -0.25) is 9.59 Å². The van der Waals surface area contributed by atoms with Crippen molar-refractivity contribution in [2.75, 3.05) is 0 Å². The van der Waals surface area contributed by atoms with Crippen molar-refractivity contribution in [3.8, 4) is 5.75 Å². The molecule has 1 aromatic rings. The molecule has 1 aromatic heterocycles. The van der Waals surface area contributed by atoms with E-state index in [1.165, 1.54) is 0 Å². The van der Waals surface area contributed by atoms with Gasteiger partial charge in [-0.05, 0) is 0 Å². The van der Waals surface area contributed by atoms with E-state index in [1.807, 2.05) is 0 Å². The first-order valence-corrected chi connectivity index (χ1v) is 5.02. The van der Waals surface area contributed by atoms with Gasteiger partial charge >= 0.3 is 6.36 Å². The van der Waals surface area contributed by atoms with Gasteiger partial charge in [0.1, 0.15) is 0 Å². The lowest BCUT2D eigenvalue weighted by Crippen LogP contribution is -2.24. The Kier molecular flexibility index (Phi) is 3.74. The number of carbonyl (C=O) groups is 1. The van der Waals surface area contributed by atoms with Crippen molar-refractivity contribution in [3.05, 3.63) is 27.7 Å². The van der Waals surface area contributed by atoms with E-state index in [1.54, 1.807) is 0 Å². The topological polar surface area (TPSA) is 59.2 Å². The van der Waals surface area contributed by atoms with Crippen molar-refractivity contribution in [2.24, 2.45) is 0 Å². The fourth-order valence-corrected chi connectivity index (χ4v) is 1.56.